The first-order chi connectivity index (χ1) is 20.1. The highest BCUT2D eigenvalue weighted by atomic mass is 16.5. The molecular formula is C35H30O6. The van der Waals surface area contributed by atoms with Gasteiger partial charge in [-0.25, -0.2) is 0 Å². The lowest BCUT2D eigenvalue weighted by Crippen LogP contribution is -2.31. The average molecular weight is 547 g/mol. The SMILES string of the molecule is COc1ccc(C2(c3ccc(OC)cc3OC)COc3c2ccc2c3C=C3C=Cc4ccc(OC)cc4C3O2)cc1. The molecule has 3 aliphatic rings. The van der Waals surface area contributed by atoms with Gasteiger partial charge in [0.05, 0.1) is 39.4 Å². The van der Waals surface area contributed by atoms with Crippen molar-refractivity contribution in [2.24, 2.45) is 0 Å². The lowest BCUT2D eigenvalue weighted by atomic mass is 9.70. The maximum atomic E-state index is 6.66. The molecule has 6 nitrogen and oxygen atoms in total. The lowest BCUT2D eigenvalue weighted by Gasteiger charge is -2.32. The van der Waals surface area contributed by atoms with Crippen LogP contribution in [0.5, 0.6) is 34.5 Å². The maximum absolute atomic E-state index is 6.66. The van der Waals surface area contributed by atoms with Crippen molar-refractivity contribution in [1.29, 1.82) is 0 Å². The Hall–Kier alpha value is -4.84. The van der Waals surface area contributed by atoms with Crippen LogP contribution in [0.3, 0.4) is 0 Å². The quantitative estimate of drug-likeness (QED) is 0.260. The highest BCUT2D eigenvalue weighted by molar-refractivity contribution is 5.79. The molecule has 4 aromatic carbocycles. The van der Waals surface area contributed by atoms with E-state index in [1.165, 1.54) is 0 Å². The highest BCUT2D eigenvalue weighted by Crippen LogP contribution is 2.56. The number of fused-ring (bicyclic) bond motifs is 6. The topological polar surface area (TPSA) is 55.4 Å². The molecular weight excluding hydrogens is 516 g/mol. The number of methoxy groups -OCH3 is 4. The summed E-state index contributed by atoms with van der Waals surface area (Å²) in [5.74, 6) is 4.65. The summed E-state index contributed by atoms with van der Waals surface area (Å²) in [6, 6.07) is 24.4. The van der Waals surface area contributed by atoms with Crippen molar-refractivity contribution >= 4 is 12.2 Å². The predicted molar refractivity (Wildman–Crippen MR) is 158 cm³/mol. The van der Waals surface area contributed by atoms with Crippen LogP contribution in [0, 0.1) is 0 Å². The third-order valence-corrected chi connectivity index (χ3v) is 8.39. The molecule has 0 amide bonds. The number of hydrogen-bond acceptors (Lipinski definition) is 6. The van der Waals surface area contributed by atoms with E-state index in [9.17, 15) is 0 Å². The molecule has 0 radical (unpaired) electrons. The molecule has 0 saturated heterocycles. The van der Waals surface area contributed by atoms with Gasteiger partial charge in [-0.15, -0.1) is 0 Å². The lowest BCUT2D eigenvalue weighted by molar-refractivity contribution is 0.238. The monoisotopic (exact) mass is 546 g/mol. The molecule has 0 aromatic heterocycles. The molecule has 0 saturated carbocycles. The second-order valence-electron chi connectivity index (χ2n) is 10.3. The molecule has 7 rings (SSSR count). The number of ether oxygens (including phenoxy) is 6. The first kappa shape index (κ1) is 25.1. The molecule has 2 heterocycles. The van der Waals surface area contributed by atoms with Crippen molar-refractivity contribution in [3.8, 4) is 34.5 Å². The van der Waals surface area contributed by atoms with Crippen LogP contribution < -0.4 is 28.4 Å². The van der Waals surface area contributed by atoms with E-state index in [2.05, 4.69) is 60.7 Å². The van der Waals surface area contributed by atoms with Gasteiger partial charge in [0.1, 0.15) is 47.2 Å². The van der Waals surface area contributed by atoms with E-state index >= 15 is 0 Å². The Morgan fingerprint density at radius 3 is 2.17 bits per heavy atom. The Labute approximate surface area is 239 Å². The molecule has 0 spiro atoms. The zero-order chi connectivity index (χ0) is 28.1. The number of hydrogen-bond donors (Lipinski definition) is 0. The largest absolute Gasteiger partial charge is 0.497 e. The van der Waals surface area contributed by atoms with Gasteiger partial charge in [-0.3, -0.25) is 0 Å². The van der Waals surface area contributed by atoms with Crippen molar-refractivity contribution in [2.75, 3.05) is 35.0 Å². The first-order valence-electron chi connectivity index (χ1n) is 13.5. The first-order valence-corrected chi connectivity index (χ1v) is 13.5. The van der Waals surface area contributed by atoms with Crippen molar-refractivity contribution in [2.45, 2.75) is 11.5 Å². The fourth-order valence-electron chi connectivity index (χ4n) is 6.28. The van der Waals surface area contributed by atoms with Gasteiger partial charge in [0.15, 0.2) is 0 Å². The second-order valence-corrected chi connectivity index (χ2v) is 10.3. The van der Waals surface area contributed by atoms with Crippen LogP contribution in [-0.4, -0.2) is 35.0 Å². The van der Waals surface area contributed by atoms with Crippen LogP contribution in [0.25, 0.3) is 12.2 Å². The van der Waals surface area contributed by atoms with Gasteiger partial charge in [-0.1, -0.05) is 42.5 Å². The number of benzene rings is 4. The molecule has 2 aliphatic heterocycles. The maximum Gasteiger partial charge on any atom is 0.150 e. The highest BCUT2D eigenvalue weighted by Gasteiger charge is 2.47. The molecule has 2 atom stereocenters. The minimum Gasteiger partial charge on any atom is -0.497 e. The molecule has 0 N–H and O–H groups in total. The van der Waals surface area contributed by atoms with Gasteiger partial charge in [-0.2, -0.15) is 0 Å². The van der Waals surface area contributed by atoms with Crippen LogP contribution in [0.15, 0.2) is 84.4 Å². The zero-order valence-corrected chi connectivity index (χ0v) is 23.4. The molecule has 206 valence electrons. The van der Waals surface area contributed by atoms with Crippen LogP contribution >= 0.6 is 0 Å². The van der Waals surface area contributed by atoms with E-state index in [1.807, 2.05) is 30.3 Å². The minimum absolute atomic E-state index is 0.218. The summed E-state index contributed by atoms with van der Waals surface area (Å²) in [5.41, 5.74) is 6.69. The molecule has 0 fully saturated rings. The summed E-state index contributed by atoms with van der Waals surface area (Å²) >= 11 is 0. The van der Waals surface area contributed by atoms with Gasteiger partial charge < -0.3 is 28.4 Å². The predicted octanol–water partition coefficient (Wildman–Crippen LogP) is 6.99. The van der Waals surface area contributed by atoms with Crippen LogP contribution in [-0.2, 0) is 5.41 Å². The third-order valence-electron chi connectivity index (χ3n) is 8.39. The van der Waals surface area contributed by atoms with E-state index in [1.54, 1.807) is 28.4 Å². The van der Waals surface area contributed by atoms with Gasteiger partial charge in [-0.05, 0) is 59.2 Å². The molecule has 2 unspecified atom stereocenters. The Morgan fingerprint density at radius 2 is 1.41 bits per heavy atom. The minimum atomic E-state index is -0.633. The zero-order valence-electron chi connectivity index (χ0n) is 23.4. The van der Waals surface area contributed by atoms with Crippen LogP contribution in [0.1, 0.15) is 39.5 Å². The van der Waals surface area contributed by atoms with Gasteiger partial charge in [0, 0.05) is 22.8 Å². The van der Waals surface area contributed by atoms with E-state index in [0.29, 0.717) is 6.61 Å². The number of rotatable bonds is 6. The van der Waals surface area contributed by atoms with Crippen molar-refractivity contribution in [1.82, 2.24) is 0 Å². The molecule has 4 aromatic rings. The van der Waals surface area contributed by atoms with Crippen molar-refractivity contribution < 1.29 is 28.4 Å². The molecule has 6 heteroatoms. The van der Waals surface area contributed by atoms with E-state index in [0.717, 1.165) is 73.5 Å². The molecule has 1 aliphatic carbocycles. The van der Waals surface area contributed by atoms with Crippen LogP contribution in [0.4, 0.5) is 0 Å². The van der Waals surface area contributed by atoms with Crippen molar-refractivity contribution in [3.63, 3.8) is 0 Å². The van der Waals surface area contributed by atoms with E-state index in [4.69, 9.17) is 28.4 Å². The van der Waals surface area contributed by atoms with Crippen molar-refractivity contribution in [3.05, 3.63) is 118 Å². The summed E-state index contributed by atoms with van der Waals surface area (Å²) in [6.07, 6.45) is 6.22. The summed E-state index contributed by atoms with van der Waals surface area (Å²) in [6.45, 7) is 0.399. The van der Waals surface area contributed by atoms with Gasteiger partial charge in [0.2, 0.25) is 0 Å². The van der Waals surface area contributed by atoms with Crippen LogP contribution in [0.2, 0.25) is 0 Å². The third kappa shape index (κ3) is 3.78. The fourth-order valence-corrected chi connectivity index (χ4v) is 6.28. The van der Waals surface area contributed by atoms with Gasteiger partial charge >= 0.3 is 0 Å². The molecule has 41 heavy (non-hydrogen) atoms. The Balaban J connectivity index is 1.41. The summed E-state index contributed by atoms with van der Waals surface area (Å²) < 4.78 is 35.7. The fraction of sp³-hybridized carbons (Fsp3) is 0.200. The average Bonchev–Trinajstić information content (AvgIpc) is 3.44. The Morgan fingerprint density at radius 1 is 0.707 bits per heavy atom. The summed E-state index contributed by atoms with van der Waals surface area (Å²) in [4.78, 5) is 0. The summed E-state index contributed by atoms with van der Waals surface area (Å²) in [5, 5.41) is 0. The Bertz CT molecular complexity index is 1720. The summed E-state index contributed by atoms with van der Waals surface area (Å²) in [7, 11) is 6.70. The van der Waals surface area contributed by atoms with Gasteiger partial charge in [0.25, 0.3) is 0 Å². The normalized spacial score (nSPS) is 19.4. The smallest absolute Gasteiger partial charge is 0.150 e. The van der Waals surface area contributed by atoms with E-state index < -0.39 is 5.41 Å². The Kier molecular flexibility index (Phi) is 5.93. The van der Waals surface area contributed by atoms with E-state index in [-0.39, 0.29) is 6.10 Å². The molecule has 0 bridgehead atoms. The standard InChI is InChI=1S/C35H30O6/c1-36-24-11-8-23(9-12-24)35(29-14-13-26(38-3)19-32(29)39-4)20-40-34-28-17-22-6-5-21-7-10-25(37-2)18-27(21)33(22)41-31(28)16-15-30(34)35/h5-19,33H,20H2,1-4H3. The second kappa shape index (κ2) is 9.66.